The van der Waals surface area contributed by atoms with Crippen LogP contribution in [0, 0.1) is 0 Å². The van der Waals surface area contributed by atoms with Gasteiger partial charge in [0.15, 0.2) is 0 Å². The van der Waals surface area contributed by atoms with Gasteiger partial charge in [0.25, 0.3) is 17.7 Å². The lowest BCUT2D eigenvalue weighted by atomic mass is 10.0. The van der Waals surface area contributed by atoms with Crippen molar-refractivity contribution in [2.24, 2.45) is 5.73 Å². The molecule has 164 valence electrons. The summed E-state index contributed by atoms with van der Waals surface area (Å²) in [6, 6.07) is 2.30. The minimum atomic E-state index is -4.90. The molecule has 0 unspecified atom stereocenters. The molecular formula is C16H17F2N3O7S2. The molecule has 3 amide bonds. The fourth-order valence-corrected chi connectivity index (χ4v) is 3.81. The predicted molar refractivity (Wildman–Crippen MR) is 102 cm³/mol. The number of fused-ring (bicyclic) bond motifs is 2. The number of nitrogens with two attached hydrogens (primary N) is 1. The molecule has 0 saturated carbocycles. The van der Waals surface area contributed by atoms with E-state index in [1.54, 1.807) is 0 Å². The first-order valence-corrected chi connectivity index (χ1v) is 11.4. The van der Waals surface area contributed by atoms with Crippen LogP contribution in [0.5, 0.6) is 0 Å². The van der Waals surface area contributed by atoms with Crippen molar-refractivity contribution >= 4 is 43.9 Å². The number of benzene rings is 1. The Kier molecular flexibility index (Phi) is 6.44. The summed E-state index contributed by atoms with van der Waals surface area (Å²) in [5.41, 5.74) is 4.33. The van der Waals surface area contributed by atoms with Gasteiger partial charge in [0, 0.05) is 24.4 Å². The molecule has 1 aromatic rings. The third-order valence-electron chi connectivity index (χ3n) is 4.34. The Bertz CT molecular complexity index is 1020. The topological polar surface area (TPSA) is 152 Å². The second-order valence-corrected chi connectivity index (χ2v) is 9.07. The lowest BCUT2D eigenvalue weighted by Gasteiger charge is -2.15. The van der Waals surface area contributed by atoms with E-state index in [1.807, 2.05) is 0 Å². The second-order valence-electron chi connectivity index (χ2n) is 6.09. The summed E-state index contributed by atoms with van der Waals surface area (Å²) in [5.74, 6) is -4.49. The van der Waals surface area contributed by atoms with Crippen LogP contribution in [0.3, 0.4) is 0 Å². The van der Waals surface area contributed by atoms with E-state index in [0.29, 0.717) is 4.90 Å². The van der Waals surface area contributed by atoms with Gasteiger partial charge in [-0.15, -0.1) is 7.77 Å². The van der Waals surface area contributed by atoms with E-state index in [4.69, 9.17) is 0 Å². The zero-order valence-electron chi connectivity index (χ0n) is 15.6. The Balaban J connectivity index is 0.00000155. The smallest absolute Gasteiger partial charge is 0.304 e. The van der Waals surface area contributed by atoms with Crippen LogP contribution in [0.1, 0.15) is 36.6 Å². The first-order valence-electron chi connectivity index (χ1n) is 8.28. The van der Waals surface area contributed by atoms with Gasteiger partial charge in [-0.25, -0.2) is 0 Å². The third-order valence-corrected chi connectivity index (χ3v) is 5.68. The molecule has 0 aromatic heterocycles. The Morgan fingerprint density at radius 1 is 0.767 bits per heavy atom. The monoisotopic (exact) mass is 465 g/mol. The van der Waals surface area contributed by atoms with Gasteiger partial charge in [-0.1, -0.05) is 6.58 Å². The van der Waals surface area contributed by atoms with Crippen LogP contribution in [0.2, 0.25) is 0 Å². The van der Waals surface area contributed by atoms with Gasteiger partial charge in [-0.2, -0.15) is 16.8 Å². The molecule has 0 spiro atoms. The zero-order valence-corrected chi connectivity index (χ0v) is 17.2. The number of hydrogen-bond donors (Lipinski definition) is 1. The number of amides is 3. The SMILES string of the molecule is C=C1c2cc3c(cc2C(=O)N1CCS(=O)(=O)F)C(=O)N(CCS(=O)(=O)F)C3=O.CN. The zero-order chi connectivity index (χ0) is 23.0. The molecule has 3 rings (SSSR count). The number of halogens is 2. The van der Waals surface area contributed by atoms with Crippen LogP contribution in [-0.2, 0) is 20.4 Å². The molecule has 2 heterocycles. The maximum absolute atomic E-state index is 12.8. The van der Waals surface area contributed by atoms with Crippen LogP contribution in [-0.4, -0.2) is 76.0 Å². The van der Waals surface area contributed by atoms with E-state index in [9.17, 15) is 39.0 Å². The minimum Gasteiger partial charge on any atom is -0.333 e. The largest absolute Gasteiger partial charge is 0.333 e. The van der Waals surface area contributed by atoms with Crippen molar-refractivity contribution in [2.75, 3.05) is 31.6 Å². The molecule has 0 atom stereocenters. The lowest BCUT2D eigenvalue weighted by Crippen LogP contribution is -2.33. The van der Waals surface area contributed by atoms with Gasteiger partial charge in [0.05, 0.1) is 28.2 Å². The fraction of sp³-hybridized carbons (Fsp3) is 0.312. The van der Waals surface area contributed by atoms with Gasteiger partial charge in [-0.3, -0.25) is 19.3 Å². The molecule has 2 aliphatic heterocycles. The number of hydrogen-bond acceptors (Lipinski definition) is 8. The summed E-state index contributed by atoms with van der Waals surface area (Å²) in [4.78, 5) is 38.7. The first kappa shape index (κ1) is 23.6. The normalized spacial score (nSPS) is 15.9. The van der Waals surface area contributed by atoms with Crippen LogP contribution >= 0.6 is 0 Å². The first-order chi connectivity index (χ1) is 13.8. The fourth-order valence-electron chi connectivity index (χ4n) is 3.01. The molecule has 2 aliphatic rings. The van der Waals surface area contributed by atoms with Gasteiger partial charge >= 0.3 is 20.4 Å². The van der Waals surface area contributed by atoms with Crippen molar-refractivity contribution < 1.29 is 39.0 Å². The van der Waals surface area contributed by atoms with Gasteiger partial charge < -0.3 is 10.6 Å². The number of imide groups is 1. The Morgan fingerprint density at radius 3 is 1.53 bits per heavy atom. The van der Waals surface area contributed by atoms with Gasteiger partial charge in [0.2, 0.25) is 0 Å². The molecule has 0 radical (unpaired) electrons. The van der Waals surface area contributed by atoms with Gasteiger partial charge in [0.1, 0.15) is 0 Å². The average molecular weight is 465 g/mol. The summed E-state index contributed by atoms with van der Waals surface area (Å²) in [6.45, 7) is 2.44. The van der Waals surface area contributed by atoms with Crippen LogP contribution in [0.15, 0.2) is 18.7 Å². The second kappa shape index (κ2) is 8.20. The maximum Gasteiger partial charge on any atom is 0.304 e. The van der Waals surface area contributed by atoms with Crippen molar-refractivity contribution in [3.05, 3.63) is 41.0 Å². The molecule has 30 heavy (non-hydrogen) atoms. The lowest BCUT2D eigenvalue weighted by molar-refractivity contribution is 0.0663. The number of nitrogens with zero attached hydrogens (tertiary/aromatic N) is 2. The molecule has 2 N–H and O–H groups in total. The van der Waals surface area contributed by atoms with Crippen LogP contribution < -0.4 is 5.73 Å². The van der Waals surface area contributed by atoms with Crippen molar-refractivity contribution in [1.82, 2.24) is 9.80 Å². The van der Waals surface area contributed by atoms with Crippen molar-refractivity contribution in [3.8, 4) is 0 Å². The summed E-state index contributed by atoms with van der Waals surface area (Å²) in [7, 11) is -8.23. The molecule has 14 heteroatoms. The quantitative estimate of drug-likeness (QED) is 0.451. The highest BCUT2D eigenvalue weighted by atomic mass is 32.3. The Morgan fingerprint density at radius 2 is 1.10 bits per heavy atom. The van der Waals surface area contributed by atoms with Crippen molar-refractivity contribution in [1.29, 1.82) is 0 Å². The molecule has 0 saturated heterocycles. The third kappa shape index (κ3) is 4.55. The standard InChI is InChI=1S/C15H12F2N2O7S2.CH5N/c1-8-9-6-11-12(15(22)19(14(11)21)3-5-28(17,25)26)7-10(9)13(20)18(8)2-4-27(16,23)24;1-2/h6-7H,1-5H2;2H2,1H3. The molecule has 10 nitrogen and oxygen atoms in total. The molecule has 0 bridgehead atoms. The molecule has 0 aliphatic carbocycles. The molecule has 0 fully saturated rings. The summed E-state index contributed by atoms with van der Waals surface area (Å²) >= 11 is 0. The van der Waals surface area contributed by atoms with Crippen molar-refractivity contribution in [2.45, 2.75) is 0 Å². The van der Waals surface area contributed by atoms with E-state index in [1.165, 1.54) is 13.1 Å². The Hall–Kier alpha value is -2.71. The highest BCUT2D eigenvalue weighted by molar-refractivity contribution is 7.86. The summed E-state index contributed by atoms with van der Waals surface area (Å²) in [5, 5.41) is 0. The van der Waals surface area contributed by atoms with E-state index in [2.05, 4.69) is 12.3 Å². The summed E-state index contributed by atoms with van der Waals surface area (Å²) in [6.07, 6.45) is 0. The molecule has 1 aromatic carbocycles. The van der Waals surface area contributed by atoms with Crippen LogP contribution in [0.25, 0.3) is 5.70 Å². The minimum absolute atomic E-state index is 0.0245. The van der Waals surface area contributed by atoms with E-state index in [0.717, 1.165) is 11.0 Å². The highest BCUT2D eigenvalue weighted by Crippen LogP contribution is 2.36. The Labute approximate surface area is 171 Å². The van der Waals surface area contributed by atoms with Gasteiger partial charge in [-0.05, 0) is 19.2 Å². The van der Waals surface area contributed by atoms with E-state index >= 15 is 0 Å². The number of rotatable bonds is 6. The number of carbonyl (C=O) groups is 3. The average Bonchev–Trinajstić information content (AvgIpc) is 3.02. The molecular weight excluding hydrogens is 448 g/mol. The predicted octanol–water partition coefficient (Wildman–Crippen LogP) is -0.117. The van der Waals surface area contributed by atoms with Crippen LogP contribution in [0.4, 0.5) is 7.77 Å². The maximum atomic E-state index is 12.8. The van der Waals surface area contributed by atoms with E-state index < -0.39 is 62.8 Å². The summed E-state index contributed by atoms with van der Waals surface area (Å²) < 4.78 is 68.1. The highest BCUT2D eigenvalue weighted by Gasteiger charge is 2.41. The van der Waals surface area contributed by atoms with E-state index in [-0.39, 0.29) is 28.0 Å². The number of carbonyl (C=O) groups excluding carboxylic acids is 3. The van der Waals surface area contributed by atoms with Crippen molar-refractivity contribution in [3.63, 3.8) is 0 Å².